The summed E-state index contributed by atoms with van der Waals surface area (Å²) in [6, 6.07) is 18.3. The SMILES string of the molecule is NC(=O)N/N=C(/CCC(=O)n1ccc2ccccc21)c1ccccc1. The number of aromatic nitrogens is 1. The summed E-state index contributed by atoms with van der Waals surface area (Å²) in [7, 11) is 0. The lowest BCUT2D eigenvalue weighted by Crippen LogP contribution is -2.26. The van der Waals surface area contributed by atoms with Crippen molar-refractivity contribution in [3.63, 3.8) is 0 Å². The molecule has 0 atom stereocenters. The van der Waals surface area contributed by atoms with Gasteiger partial charge in [0.15, 0.2) is 0 Å². The summed E-state index contributed by atoms with van der Waals surface area (Å²) in [6.45, 7) is 0. The van der Waals surface area contributed by atoms with Gasteiger partial charge in [0, 0.05) is 24.4 Å². The van der Waals surface area contributed by atoms with Crippen molar-refractivity contribution in [1.82, 2.24) is 9.99 Å². The van der Waals surface area contributed by atoms with Gasteiger partial charge >= 0.3 is 6.03 Å². The molecule has 0 aliphatic heterocycles. The molecule has 0 saturated carbocycles. The summed E-state index contributed by atoms with van der Waals surface area (Å²) in [4.78, 5) is 23.5. The van der Waals surface area contributed by atoms with Crippen LogP contribution in [-0.2, 0) is 0 Å². The number of nitrogens with one attached hydrogen (secondary N) is 1. The normalized spacial score (nSPS) is 11.4. The standard InChI is InChI=1S/C19H18N4O2/c20-19(25)22-21-16(14-6-2-1-3-7-14)10-11-18(24)23-13-12-15-8-4-5-9-17(15)23/h1-9,12-13H,10-11H2,(H3,20,22,25)/b21-16-. The van der Waals surface area contributed by atoms with E-state index in [1.807, 2.05) is 60.7 Å². The van der Waals surface area contributed by atoms with Gasteiger partial charge in [-0.15, -0.1) is 0 Å². The lowest BCUT2D eigenvalue weighted by Gasteiger charge is -2.08. The van der Waals surface area contributed by atoms with Crippen molar-refractivity contribution in [2.45, 2.75) is 12.8 Å². The fourth-order valence-corrected chi connectivity index (χ4v) is 2.66. The minimum atomic E-state index is -0.740. The average molecular weight is 334 g/mol. The molecule has 0 bridgehead atoms. The lowest BCUT2D eigenvalue weighted by molar-refractivity contribution is 0.0910. The topological polar surface area (TPSA) is 89.5 Å². The molecule has 0 saturated heterocycles. The Morgan fingerprint density at radius 2 is 1.68 bits per heavy atom. The smallest absolute Gasteiger partial charge is 0.332 e. The van der Waals surface area contributed by atoms with E-state index in [1.54, 1.807) is 10.8 Å². The van der Waals surface area contributed by atoms with E-state index in [4.69, 9.17) is 5.73 Å². The van der Waals surface area contributed by atoms with E-state index in [2.05, 4.69) is 10.5 Å². The average Bonchev–Trinajstić information content (AvgIpc) is 3.06. The number of nitrogens with two attached hydrogens (primary N) is 1. The molecule has 6 heteroatoms. The highest BCUT2D eigenvalue weighted by molar-refractivity contribution is 6.03. The first-order chi connectivity index (χ1) is 12.1. The maximum Gasteiger partial charge on any atom is 0.332 e. The van der Waals surface area contributed by atoms with Crippen LogP contribution in [-0.4, -0.2) is 22.2 Å². The largest absolute Gasteiger partial charge is 0.350 e. The molecule has 3 rings (SSSR count). The second kappa shape index (κ2) is 7.44. The Morgan fingerprint density at radius 3 is 2.44 bits per heavy atom. The number of amides is 2. The van der Waals surface area contributed by atoms with Crippen molar-refractivity contribution < 1.29 is 9.59 Å². The van der Waals surface area contributed by atoms with Crippen LogP contribution in [0.3, 0.4) is 0 Å². The Bertz CT molecular complexity index is 929. The zero-order valence-electron chi connectivity index (χ0n) is 13.6. The van der Waals surface area contributed by atoms with Crippen LogP contribution in [0, 0.1) is 0 Å². The molecule has 0 aliphatic carbocycles. The van der Waals surface area contributed by atoms with Crippen molar-refractivity contribution in [3.8, 4) is 0 Å². The van der Waals surface area contributed by atoms with E-state index in [9.17, 15) is 9.59 Å². The predicted octanol–water partition coefficient (Wildman–Crippen LogP) is 3.13. The Labute approximate surface area is 144 Å². The molecule has 0 aliphatic rings. The van der Waals surface area contributed by atoms with Crippen molar-refractivity contribution in [2.75, 3.05) is 0 Å². The summed E-state index contributed by atoms with van der Waals surface area (Å²) in [6.07, 6.45) is 2.41. The third-order valence-corrected chi connectivity index (χ3v) is 3.85. The van der Waals surface area contributed by atoms with E-state index < -0.39 is 6.03 Å². The highest BCUT2D eigenvalue weighted by atomic mass is 16.2. The van der Waals surface area contributed by atoms with Crippen LogP contribution in [0.1, 0.15) is 23.2 Å². The molecule has 25 heavy (non-hydrogen) atoms. The lowest BCUT2D eigenvalue weighted by atomic mass is 10.1. The van der Waals surface area contributed by atoms with Crippen LogP contribution in [0.25, 0.3) is 10.9 Å². The molecule has 0 unspecified atom stereocenters. The Kier molecular flexibility index (Phi) is 4.89. The molecule has 1 aromatic heterocycles. The van der Waals surface area contributed by atoms with Crippen LogP contribution in [0.15, 0.2) is 72.0 Å². The molecular formula is C19H18N4O2. The van der Waals surface area contributed by atoms with Crippen molar-refractivity contribution in [3.05, 3.63) is 72.4 Å². The van der Waals surface area contributed by atoms with Crippen molar-refractivity contribution in [2.24, 2.45) is 10.8 Å². The molecule has 1 heterocycles. The maximum absolute atomic E-state index is 12.6. The van der Waals surface area contributed by atoms with Gasteiger partial charge in [-0.2, -0.15) is 5.10 Å². The van der Waals surface area contributed by atoms with Gasteiger partial charge < -0.3 is 5.73 Å². The number of para-hydroxylation sites is 1. The van der Waals surface area contributed by atoms with E-state index in [-0.39, 0.29) is 12.3 Å². The molecule has 3 aromatic rings. The van der Waals surface area contributed by atoms with Crippen molar-refractivity contribution >= 4 is 28.6 Å². The van der Waals surface area contributed by atoms with Gasteiger partial charge in [0.05, 0.1) is 11.2 Å². The first kappa shape index (κ1) is 16.4. The second-order valence-corrected chi connectivity index (χ2v) is 5.54. The number of benzene rings is 2. The van der Waals surface area contributed by atoms with E-state index >= 15 is 0 Å². The molecular weight excluding hydrogens is 316 g/mol. The third kappa shape index (κ3) is 3.92. The number of hydrogen-bond acceptors (Lipinski definition) is 3. The van der Waals surface area contributed by atoms with Gasteiger partial charge in [-0.25, -0.2) is 10.2 Å². The van der Waals surface area contributed by atoms with E-state index in [0.29, 0.717) is 12.1 Å². The molecule has 2 amide bonds. The quantitative estimate of drug-likeness (QED) is 0.554. The zero-order chi connectivity index (χ0) is 17.6. The van der Waals surface area contributed by atoms with E-state index in [0.717, 1.165) is 16.5 Å². The number of hydrogen-bond donors (Lipinski definition) is 2. The molecule has 2 aromatic carbocycles. The number of urea groups is 1. The van der Waals surface area contributed by atoms with Gasteiger partial charge in [0.1, 0.15) is 0 Å². The fourth-order valence-electron chi connectivity index (χ4n) is 2.66. The van der Waals surface area contributed by atoms with Crippen LogP contribution in [0.2, 0.25) is 0 Å². The van der Waals surface area contributed by atoms with Crippen LogP contribution >= 0.6 is 0 Å². The van der Waals surface area contributed by atoms with Crippen molar-refractivity contribution in [1.29, 1.82) is 0 Å². The minimum Gasteiger partial charge on any atom is -0.350 e. The molecule has 0 radical (unpaired) electrons. The summed E-state index contributed by atoms with van der Waals surface area (Å²) >= 11 is 0. The summed E-state index contributed by atoms with van der Waals surface area (Å²) in [5, 5.41) is 5.06. The monoisotopic (exact) mass is 334 g/mol. The highest BCUT2D eigenvalue weighted by Gasteiger charge is 2.12. The Morgan fingerprint density at radius 1 is 0.960 bits per heavy atom. The molecule has 3 N–H and O–H groups in total. The highest BCUT2D eigenvalue weighted by Crippen LogP contribution is 2.16. The number of carbonyl (C=O) groups is 2. The predicted molar refractivity (Wildman–Crippen MR) is 97.5 cm³/mol. The van der Waals surface area contributed by atoms with Gasteiger partial charge in [-0.1, -0.05) is 48.5 Å². The minimum absolute atomic E-state index is 0.0380. The molecule has 0 spiro atoms. The van der Waals surface area contributed by atoms with Gasteiger partial charge in [-0.3, -0.25) is 9.36 Å². The first-order valence-corrected chi connectivity index (χ1v) is 7.92. The number of carbonyl (C=O) groups excluding carboxylic acids is 2. The van der Waals surface area contributed by atoms with Gasteiger partial charge in [0.25, 0.3) is 0 Å². The number of rotatable bonds is 5. The van der Waals surface area contributed by atoms with Gasteiger partial charge in [-0.05, 0) is 17.7 Å². The second-order valence-electron chi connectivity index (χ2n) is 5.54. The van der Waals surface area contributed by atoms with E-state index in [1.165, 1.54) is 0 Å². The van der Waals surface area contributed by atoms with Gasteiger partial charge in [0.2, 0.25) is 5.91 Å². The molecule has 6 nitrogen and oxygen atoms in total. The Hall–Kier alpha value is -3.41. The number of primary amides is 1. The number of nitrogens with zero attached hydrogens (tertiary/aromatic N) is 2. The summed E-state index contributed by atoms with van der Waals surface area (Å²) in [5.74, 6) is -0.0380. The zero-order valence-corrected chi connectivity index (χ0v) is 13.6. The third-order valence-electron chi connectivity index (χ3n) is 3.85. The Balaban J connectivity index is 1.77. The van der Waals surface area contributed by atoms with Crippen LogP contribution < -0.4 is 11.2 Å². The number of hydrazone groups is 1. The van der Waals surface area contributed by atoms with Crippen LogP contribution in [0.4, 0.5) is 4.79 Å². The van der Waals surface area contributed by atoms with Crippen LogP contribution in [0.5, 0.6) is 0 Å². The molecule has 126 valence electrons. The summed E-state index contributed by atoms with van der Waals surface area (Å²) in [5.41, 5.74) is 9.64. The number of fused-ring (bicyclic) bond motifs is 1. The summed E-state index contributed by atoms with van der Waals surface area (Å²) < 4.78 is 1.64. The fraction of sp³-hybridized carbons (Fsp3) is 0.105. The molecule has 0 fully saturated rings. The first-order valence-electron chi connectivity index (χ1n) is 7.92. The maximum atomic E-state index is 12.6.